The van der Waals surface area contributed by atoms with Crippen LogP contribution in [0.5, 0.6) is 5.75 Å². The van der Waals surface area contributed by atoms with Crippen LogP contribution in [0.2, 0.25) is 0 Å². The largest absolute Gasteiger partial charge is 0.497 e. The van der Waals surface area contributed by atoms with Crippen molar-refractivity contribution < 1.29 is 23.0 Å². The number of alkyl halides is 3. The molecule has 1 saturated heterocycles. The van der Waals surface area contributed by atoms with Gasteiger partial charge < -0.3 is 9.84 Å². The minimum atomic E-state index is -4.55. The molecule has 0 saturated carbocycles. The van der Waals surface area contributed by atoms with Crippen LogP contribution >= 0.6 is 0 Å². The highest BCUT2D eigenvalue weighted by molar-refractivity contribution is 5.31. The van der Waals surface area contributed by atoms with Gasteiger partial charge in [-0.05, 0) is 43.0 Å². The molecule has 1 N–H and O–H groups in total. The highest BCUT2D eigenvalue weighted by atomic mass is 19.4. The van der Waals surface area contributed by atoms with Crippen molar-refractivity contribution >= 4 is 0 Å². The molecule has 0 spiro atoms. The van der Waals surface area contributed by atoms with Crippen LogP contribution < -0.4 is 4.74 Å². The molecule has 6 heteroatoms. The van der Waals surface area contributed by atoms with E-state index in [0.717, 1.165) is 24.2 Å². The van der Waals surface area contributed by atoms with E-state index in [4.69, 9.17) is 4.74 Å². The second kappa shape index (κ2) is 6.66. The number of aliphatic hydroxyl groups excluding tert-OH is 1. The molecule has 1 aromatic carbocycles. The molecule has 1 aliphatic heterocycles. The second-order valence-electron chi connectivity index (χ2n) is 5.43. The lowest BCUT2D eigenvalue weighted by molar-refractivity contribution is -0.208. The molecule has 0 amide bonds. The number of halogens is 3. The van der Waals surface area contributed by atoms with Crippen LogP contribution in [-0.2, 0) is 0 Å². The lowest BCUT2D eigenvalue weighted by Crippen LogP contribution is -2.44. The van der Waals surface area contributed by atoms with E-state index >= 15 is 0 Å². The predicted octanol–water partition coefficient (Wildman–Crippen LogP) is 2.80. The maximum atomic E-state index is 12.4. The molecule has 21 heavy (non-hydrogen) atoms. The Labute approximate surface area is 122 Å². The molecule has 1 aromatic rings. The summed E-state index contributed by atoms with van der Waals surface area (Å²) in [5.41, 5.74) is 1.07. The number of aliphatic hydroxyl groups is 1. The summed E-state index contributed by atoms with van der Waals surface area (Å²) in [5, 5.41) is 9.19. The third-order valence-electron chi connectivity index (χ3n) is 3.88. The number of rotatable bonds is 4. The van der Waals surface area contributed by atoms with Crippen molar-refractivity contribution in [3.05, 3.63) is 29.8 Å². The maximum absolute atomic E-state index is 12.4. The maximum Gasteiger partial charge on any atom is 0.415 e. The Morgan fingerprint density at radius 1 is 1.43 bits per heavy atom. The summed E-state index contributed by atoms with van der Waals surface area (Å²) in [6.07, 6.45) is -5.07. The lowest BCUT2D eigenvalue weighted by atomic mass is 9.90. The van der Waals surface area contributed by atoms with Crippen molar-refractivity contribution in [3.63, 3.8) is 0 Å². The van der Waals surface area contributed by atoms with Gasteiger partial charge in [-0.2, -0.15) is 13.2 Å². The van der Waals surface area contributed by atoms with E-state index in [1.807, 2.05) is 24.3 Å². The molecule has 0 aliphatic carbocycles. The summed E-state index contributed by atoms with van der Waals surface area (Å²) in [6, 6.07) is 7.63. The van der Waals surface area contributed by atoms with Crippen molar-refractivity contribution in [3.8, 4) is 5.75 Å². The third kappa shape index (κ3) is 4.35. The Kier molecular flexibility index (Phi) is 5.11. The van der Waals surface area contributed by atoms with Gasteiger partial charge in [0, 0.05) is 13.1 Å². The van der Waals surface area contributed by atoms with E-state index in [2.05, 4.69) is 0 Å². The van der Waals surface area contributed by atoms with Crippen LogP contribution in [-0.4, -0.2) is 49.0 Å². The van der Waals surface area contributed by atoms with Gasteiger partial charge in [-0.3, -0.25) is 4.90 Å². The molecule has 1 fully saturated rings. The van der Waals surface area contributed by atoms with Gasteiger partial charge in [-0.15, -0.1) is 0 Å². The van der Waals surface area contributed by atoms with Crippen molar-refractivity contribution in [2.75, 3.05) is 26.7 Å². The number of ether oxygens (including phenoxy) is 1. The SMILES string of the molecule is COc1cccc([C@@H]2CCCN(C[C@H](O)C(F)(F)F)C2)c1. The van der Waals surface area contributed by atoms with Gasteiger partial charge in [0.05, 0.1) is 7.11 Å². The second-order valence-corrected chi connectivity index (χ2v) is 5.43. The van der Waals surface area contributed by atoms with E-state index in [9.17, 15) is 18.3 Å². The van der Waals surface area contributed by atoms with Gasteiger partial charge in [-0.25, -0.2) is 0 Å². The first-order chi connectivity index (χ1) is 9.90. The first-order valence-electron chi connectivity index (χ1n) is 7.01. The van der Waals surface area contributed by atoms with Gasteiger partial charge in [0.2, 0.25) is 0 Å². The quantitative estimate of drug-likeness (QED) is 0.928. The summed E-state index contributed by atoms with van der Waals surface area (Å²) in [4.78, 5) is 1.69. The smallest absolute Gasteiger partial charge is 0.415 e. The molecule has 118 valence electrons. The van der Waals surface area contributed by atoms with Crippen molar-refractivity contribution in [2.24, 2.45) is 0 Å². The average molecular weight is 303 g/mol. The highest BCUT2D eigenvalue weighted by Gasteiger charge is 2.39. The predicted molar refractivity (Wildman–Crippen MR) is 73.5 cm³/mol. The van der Waals surface area contributed by atoms with Gasteiger partial charge in [0.25, 0.3) is 0 Å². The monoisotopic (exact) mass is 303 g/mol. The number of hydrogen-bond donors (Lipinski definition) is 1. The number of β-amino-alcohol motifs (C(OH)–C–C–N with tert-alkyl or cyclic N) is 1. The molecule has 2 rings (SSSR count). The zero-order chi connectivity index (χ0) is 15.5. The summed E-state index contributed by atoms with van der Waals surface area (Å²) < 4.78 is 42.5. The molecule has 2 atom stereocenters. The van der Waals surface area contributed by atoms with Crippen LogP contribution in [0.4, 0.5) is 13.2 Å². The minimum Gasteiger partial charge on any atom is -0.497 e. The Morgan fingerprint density at radius 2 is 2.19 bits per heavy atom. The Balaban J connectivity index is 2.00. The molecule has 0 aromatic heterocycles. The zero-order valence-electron chi connectivity index (χ0n) is 11.9. The molecule has 1 aliphatic rings. The number of nitrogens with zero attached hydrogens (tertiary/aromatic N) is 1. The first kappa shape index (κ1) is 16.1. The first-order valence-corrected chi connectivity index (χ1v) is 7.01. The zero-order valence-corrected chi connectivity index (χ0v) is 11.9. The standard InChI is InChI=1S/C15H20F3NO2/c1-21-13-6-2-4-11(8-13)12-5-3-7-19(9-12)10-14(20)15(16,17)18/h2,4,6,8,12,14,20H,3,5,7,9-10H2,1H3/t12-,14+/m1/s1. The van der Waals surface area contributed by atoms with E-state index in [1.54, 1.807) is 12.0 Å². The topological polar surface area (TPSA) is 32.7 Å². The summed E-state index contributed by atoms with van der Waals surface area (Å²) >= 11 is 0. The molecule has 1 heterocycles. The van der Waals surface area contributed by atoms with E-state index in [-0.39, 0.29) is 12.5 Å². The summed E-state index contributed by atoms with van der Waals surface area (Å²) in [6.45, 7) is 0.762. The number of methoxy groups -OCH3 is 1. The highest BCUT2D eigenvalue weighted by Crippen LogP contribution is 2.30. The van der Waals surface area contributed by atoms with E-state index in [0.29, 0.717) is 13.1 Å². The number of hydrogen-bond acceptors (Lipinski definition) is 3. The fourth-order valence-electron chi connectivity index (χ4n) is 2.74. The van der Waals surface area contributed by atoms with Gasteiger partial charge in [0.1, 0.15) is 5.75 Å². The molecular formula is C15H20F3NO2. The fourth-order valence-corrected chi connectivity index (χ4v) is 2.74. The fraction of sp³-hybridized carbons (Fsp3) is 0.600. The average Bonchev–Trinajstić information content (AvgIpc) is 2.46. The van der Waals surface area contributed by atoms with Crippen LogP contribution in [0.1, 0.15) is 24.3 Å². The number of piperidine rings is 1. The van der Waals surface area contributed by atoms with Crippen molar-refractivity contribution in [1.29, 1.82) is 0 Å². The van der Waals surface area contributed by atoms with Gasteiger partial charge >= 0.3 is 6.18 Å². The van der Waals surface area contributed by atoms with Gasteiger partial charge in [0.15, 0.2) is 6.10 Å². The van der Waals surface area contributed by atoms with Crippen LogP contribution in [0.25, 0.3) is 0 Å². The number of likely N-dealkylation sites (tertiary alicyclic amines) is 1. The molecular weight excluding hydrogens is 283 g/mol. The summed E-state index contributed by atoms with van der Waals surface area (Å²) in [5.74, 6) is 0.925. The van der Waals surface area contributed by atoms with Crippen LogP contribution in [0.15, 0.2) is 24.3 Å². The minimum absolute atomic E-state index is 0.175. The lowest BCUT2D eigenvalue weighted by Gasteiger charge is -2.34. The normalized spacial score (nSPS) is 22.0. The van der Waals surface area contributed by atoms with E-state index in [1.165, 1.54) is 0 Å². The Bertz CT molecular complexity index is 464. The number of benzene rings is 1. The molecule has 0 unspecified atom stereocenters. The van der Waals surface area contributed by atoms with Crippen molar-refractivity contribution in [1.82, 2.24) is 4.90 Å². The van der Waals surface area contributed by atoms with Gasteiger partial charge in [-0.1, -0.05) is 12.1 Å². The van der Waals surface area contributed by atoms with E-state index < -0.39 is 12.3 Å². The third-order valence-corrected chi connectivity index (χ3v) is 3.88. The molecule has 0 radical (unpaired) electrons. The summed E-state index contributed by atoms with van der Waals surface area (Å²) in [7, 11) is 1.59. The van der Waals surface area contributed by atoms with Crippen LogP contribution in [0.3, 0.4) is 0 Å². The van der Waals surface area contributed by atoms with Crippen LogP contribution in [0, 0.1) is 0 Å². The Hall–Kier alpha value is -1.27. The van der Waals surface area contributed by atoms with Crippen molar-refractivity contribution in [2.45, 2.75) is 31.0 Å². The Morgan fingerprint density at radius 3 is 2.86 bits per heavy atom. The molecule has 0 bridgehead atoms. The molecule has 3 nitrogen and oxygen atoms in total.